The van der Waals surface area contributed by atoms with Crippen LogP contribution < -0.4 is 4.74 Å². The smallest absolute Gasteiger partial charge is 0.118 e. The molecule has 19 heavy (non-hydrogen) atoms. The molecule has 0 atom stereocenters. The van der Waals surface area contributed by atoms with Gasteiger partial charge in [0.1, 0.15) is 5.75 Å². The number of rotatable bonds is 3. The van der Waals surface area contributed by atoms with E-state index in [4.69, 9.17) is 4.74 Å². The maximum Gasteiger partial charge on any atom is 0.118 e. The average Bonchev–Trinajstić information content (AvgIpc) is 2.49. The Morgan fingerprint density at radius 3 is 2.00 bits per heavy atom. The average molecular weight is 254 g/mol. The SMILES string of the molecule is C=Cc1ccc(CC)cc1.COc1ccc(C)cc1. The van der Waals surface area contributed by atoms with Crippen molar-refractivity contribution < 1.29 is 4.74 Å². The highest BCUT2D eigenvalue weighted by Crippen LogP contribution is 2.09. The van der Waals surface area contributed by atoms with E-state index >= 15 is 0 Å². The van der Waals surface area contributed by atoms with Crippen LogP contribution in [0.3, 0.4) is 0 Å². The summed E-state index contributed by atoms with van der Waals surface area (Å²) in [6.45, 7) is 7.90. The summed E-state index contributed by atoms with van der Waals surface area (Å²) in [6.07, 6.45) is 2.97. The number of ether oxygens (including phenoxy) is 1. The molecule has 2 aromatic carbocycles. The Morgan fingerprint density at radius 1 is 1.00 bits per heavy atom. The van der Waals surface area contributed by atoms with Crippen molar-refractivity contribution in [3.8, 4) is 5.75 Å². The number of benzene rings is 2. The molecular weight excluding hydrogens is 232 g/mol. The van der Waals surface area contributed by atoms with Crippen molar-refractivity contribution >= 4 is 6.08 Å². The van der Waals surface area contributed by atoms with Gasteiger partial charge >= 0.3 is 0 Å². The number of hydrogen-bond donors (Lipinski definition) is 0. The Balaban J connectivity index is 0.000000191. The third-order valence-electron chi connectivity index (χ3n) is 2.88. The molecule has 0 aliphatic rings. The first kappa shape index (κ1) is 15.0. The number of hydrogen-bond acceptors (Lipinski definition) is 1. The van der Waals surface area contributed by atoms with Crippen LogP contribution in [0, 0.1) is 6.92 Å². The molecule has 1 heteroatoms. The predicted octanol–water partition coefficient (Wildman–Crippen LogP) is 4.90. The fourth-order valence-corrected chi connectivity index (χ4v) is 1.56. The fraction of sp³-hybridized carbons (Fsp3) is 0.222. The Hall–Kier alpha value is -2.02. The van der Waals surface area contributed by atoms with E-state index in [2.05, 4.69) is 44.7 Å². The molecule has 0 bridgehead atoms. The second-order valence-electron chi connectivity index (χ2n) is 4.32. The predicted molar refractivity (Wildman–Crippen MR) is 83.6 cm³/mol. The molecule has 2 aromatic rings. The summed E-state index contributed by atoms with van der Waals surface area (Å²) in [5, 5.41) is 0. The molecule has 0 spiro atoms. The molecule has 0 saturated carbocycles. The Labute approximate surface area is 116 Å². The van der Waals surface area contributed by atoms with Crippen LogP contribution in [0.25, 0.3) is 6.08 Å². The lowest BCUT2D eigenvalue weighted by atomic mass is 10.1. The monoisotopic (exact) mass is 254 g/mol. The maximum absolute atomic E-state index is 4.97. The molecule has 0 radical (unpaired) electrons. The van der Waals surface area contributed by atoms with Crippen molar-refractivity contribution in [1.29, 1.82) is 0 Å². The Kier molecular flexibility index (Phi) is 6.45. The molecule has 2 rings (SSSR count). The standard InChI is InChI=1S/C10H12.C8H10O/c1-3-9-5-7-10(4-2)8-6-9;1-7-3-5-8(9-2)6-4-7/h3,5-8H,1,4H2,2H3;3-6H,1-2H3. The van der Waals surface area contributed by atoms with Crippen LogP contribution in [-0.4, -0.2) is 7.11 Å². The van der Waals surface area contributed by atoms with Crippen molar-refractivity contribution in [2.75, 3.05) is 7.11 Å². The minimum absolute atomic E-state index is 0.917. The van der Waals surface area contributed by atoms with Gasteiger partial charge in [0.2, 0.25) is 0 Å². The fourth-order valence-electron chi connectivity index (χ4n) is 1.56. The van der Waals surface area contributed by atoms with Gasteiger partial charge in [0.25, 0.3) is 0 Å². The lowest BCUT2D eigenvalue weighted by Gasteiger charge is -1.97. The lowest BCUT2D eigenvalue weighted by Crippen LogP contribution is -1.80. The van der Waals surface area contributed by atoms with E-state index in [1.54, 1.807) is 7.11 Å². The third-order valence-corrected chi connectivity index (χ3v) is 2.88. The quantitative estimate of drug-likeness (QED) is 0.757. The zero-order chi connectivity index (χ0) is 14.1. The molecule has 0 heterocycles. The van der Waals surface area contributed by atoms with E-state index in [1.807, 2.05) is 30.3 Å². The van der Waals surface area contributed by atoms with Crippen LogP contribution in [0.2, 0.25) is 0 Å². The van der Waals surface area contributed by atoms with Crippen LogP contribution in [0.1, 0.15) is 23.6 Å². The van der Waals surface area contributed by atoms with Crippen molar-refractivity contribution in [3.05, 3.63) is 71.8 Å². The molecule has 0 aliphatic carbocycles. The van der Waals surface area contributed by atoms with Gasteiger partial charge in [-0.05, 0) is 36.6 Å². The van der Waals surface area contributed by atoms with E-state index in [0.717, 1.165) is 12.2 Å². The van der Waals surface area contributed by atoms with Crippen molar-refractivity contribution in [2.45, 2.75) is 20.3 Å². The molecule has 0 amide bonds. The van der Waals surface area contributed by atoms with Crippen LogP contribution in [0.15, 0.2) is 55.1 Å². The summed E-state index contributed by atoms with van der Waals surface area (Å²) in [7, 11) is 1.67. The molecular formula is C18H22O. The summed E-state index contributed by atoms with van der Waals surface area (Å²) in [4.78, 5) is 0. The zero-order valence-electron chi connectivity index (χ0n) is 12.0. The Morgan fingerprint density at radius 2 is 1.58 bits per heavy atom. The molecule has 0 unspecified atom stereocenters. The van der Waals surface area contributed by atoms with E-state index < -0.39 is 0 Å². The van der Waals surface area contributed by atoms with Gasteiger partial charge in [-0.25, -0.2) is 0 Å². The number of aryl methyl sites for hydroxylation is 2. The zero-order valence-corrected chi connectivity index (χ0v) is 12.0. The first-order valence-electron chi connectivity index (χ1n) is 6.51. The van der Waals surface area contributed by atoms with Crippen LogP contribution in [-0.2, 0) is 6.42 Å². The summed E-state index contributed by atoms with van der Waals surface area (Å²) in [5.74, 6) is 0.917. The van der Waals surface area contributed by atoms with Gasteiger partial charge in [-0.3, -0.25) is 0 Å². The van der Waals surface area contributed by atoms with Gasteiger partial charge in [0.05, 0.1) is 7.11 Å². The largest absolute Gasteiger partial charge is 0.497 e. The summed E-state index contributed by atoms with van der Waals surface area (Å²) < 4.78 is 4.97. The highest BCUT2D eigenvalue weighted by molar-refractivity contribution is 5.47. The summed E-state index contributed by atoms with van der Waals surface area (Å²) >= 11 is 0. The number of methoxy groups -OCH3 is 1. The van der Waals surface area contributed by atoms with Crippen LogP contribution >= 0.6 is 0 Å². The highest BCUT2D eigenvalue weighted by atomic mass is 16.5. The van der Waals surface area contributed by atoms with Gasteiger partial charge in [-0.15, -0.1) is 0 Å². The van der Waals surface area contributed by atoms with Crippen molar-refractivity contribution in [2.24, 2.45) is 0 Å². The van der Waals surface area contributed by atoms with Gasteiger partial charge in [-0.1, -0.05) is 61.5 Å². The first-order chi connectivity index (χ1) is 9.19. The molecule has 0 N–H and O–H groups in total. The van der Waals surface area contributed by atoms with E-state index in [0.29, 0.717) is 0 Å². The van der Waals surface area contributed by atoms with E-state index in [1.165, 1.54) is 16.7 Å². The van der Waals surface area contributed by atoms with Gasteiger partial charge in [-0.2, -0.15) is 0 Å². The Bertz CT molecular complexity index is 480. The van der Waals surface area contributed by atoms with Crippen molar-refractivity contribution in [3.63, 3.8) is 0 Å². The first-order valence-corrected chi connectivity index (χ1v) is 6.51. The molecule has 100 valence electrons. The molecule has 0 fully saturated rings. The van der Waals surface area contributed by atoms with Gasteiger partial charge < -0.3 is 4.74 Å². The molecule has 0 aliphatic heterocycles. The molecule has 1 nitrogen and oxygen atoms in total. The van der Waals surface area contributed by atoms with Gasteiger partial charge in [0.15, 0.2) is 0 Å². The maximum atomic E-state index is 4.97. The van der Waals surface area contributed by atoms with Crippen LogP contribution in [0.4, 0.5) is 0 Å². The van der Waals surface area contributed by atoms with Crippen molar-refractivity contribution in [1.82, 2.24) is 0 Å². The van der Waals surface area contributed by atoms with E-state index in [9.17, 15) is 0 Å². The molecule has 0 saturated heterocycles. The third kappa shape index (κ3) is 5.43. The minimum Gasteiger partial charge on any atom is -0.497 e. The van der Waals surface area contributed by atoms with Gasteiger partial charge in [0, 0.05) is 0 Å². The summed E-state index contributed by atoms with van der Waals surface area (Å²) in [6, 6.07) is 16.4. The lowest BCUT2D eigenvalue weighted by molar-refractivity contribution is 0.414. The molecule has 0 aromatic heterocycles. The normalized spacial score (nSPS) is 9.21. The second kappa shape index (κ2) is 8.15. The topological polar surface area (TPSA) is 9.23 Å². The van der Waals surface area contributed by atoms with Crippen LogP contribution in [0.5, 0.6) is 5.75 Å². The summed E-state index contributed by atoms with van der Waals surface area (Å²) in [5.41, 5.74) is 3.83. The minimum atomic E-state index is 0.917. The highest BCUT2D eigenvalue weighted by Gasteiger charge is 1.86. The van der Waals surface area contributed by atoms with E-state index in [-0.39, 0.29) is 0 Å². The second-order valence-corrected chi connectivity index (χ2v) is 4.32.